The van der Waals surface area contributed by atoms with Crippen LogP contribution in [0.2, 0.25) is 0 Å². The second-order valence-corrected chi connectivity index (χ2v) is 7.91. The van der Waals surface area contributed by atoms with Crippen LogP contribution >= 0.6 is 33.9 Å². The van der Waals surface area contributed by atoms with E-state index in [0.717, 1.165) is 25.7 Å². The van der Waals surface area contributed by atoms with Gasteiger partial charge in [0.2, 0.25) is 0 Å². The molecule has 128 valence electrons. The molecule has 1 heterocycles. The molecular weight excluding hydrogens is 447 g/mol. The van der Waals surface area contributed by atoms with Gasteiger partial charge >= 0.3 is 0 Å². The molecule has 0 radical (unpaired) electrons. The van der Waals surface area contributed by atoms with Crippen molar-refractivity contribution in [2.24, 2.45) is 0 Å². The van der Waals surface area contributed by atoms with Crippen LogP contribution in [0.3, 0.4) is 0 Å². The predicted molar refractivity (Wildman–Crippen MR) is 109 cm³/mol. The molecule has 1 amide bonds. The van der Waals surface area contributed by atoms with Crippen LogP contribution in [0.4, 0.5) is 5.69 Å². The molecule has 0 aliphatic carbocycles. The maximum absolute atomic E-state index is 12.5. The Morgan fingerprint density at radius 2 is 1.80 bits per heavy atom. The normalized spacial score (nSPS) is 10.5. The van der Waals surface area contributed by atoms with E-state index in [4.69, 9.17) is 4.74 Å². The quantitative estimate of drug-likeness (QED) is 0.529. The van der Waals surface area contributed by atoms with Crippen molar-refractivity contribution in [3.8, 4) is 5.75 Å². The van der Waals surface area contributed by atoms with Gasteiger partial charge < -0.3 is 10.1 Å². The van der Waals surface area contributed by atoms with Gasteiger partial charge in [0.25, 0.3) is 5.91 Å². The lowest BCUT2D eigenvalue weighted by Crippen LogP contribution is -2.11. The molecule has 0 saturated heterocycles. The number of aromatic nitrogens is 1. The summed E-state index contributed by atoms with van der Waals surface area (Å²) in [7, 11) is 0. The van der Waals surface area contributed by atoms with Crippen LogP contribution in [0.5, 0.6) is 5.75 Å². The molecule has 0 fully saturated rings. The minimum absolute atomic E-state index is 0.141. The zero-order valence-electron chi connectivity index (χ0n) is 13.9. The van der Waals surface area contributed by atoms with Crippen molar-refractivity contribution >= 4 is 45.5 Å². The van der Waals surface area contributed by atoms with Crippen LogP contribution in [-0.4, -0.2) is 10.9 Å². The molecule has 6 heteroatoms. The fourth-order valence-electron chi connectivity index (χ4n) is 2.23. The highest BCUT2D eigenvalue weighted by molar-refractivity contribution is 14.1. The lowest BCUT2D eigenvalue weighted by Gasteiger charge is -2.04. The Morgan fingerprint density at radius 3 is 2.48 bits per heavy atom. The Kier molecular flexibility index (Phi) is 5.70. The maximum atomic E-state index is 12.5. The van der Waals surface area contributed by atoms with Crippen molar-refractivity contribution in [1.82, 2.24) is 4.98 Å². The van der Waals surface area contributed by atoms with Gasteiger partial charge in [-0.05, 0) is 72.8 Å². The summed E-state index contributed by atoms with van der Waals surface area (Å²) in [4.78, 5) is 17.5. The number of hydrogen-bond donors (Lipinski definition) is 1. The van der Waals surface area contributed by atoms with E-state index >= 15 is 0 Å². The van der Waals surface area contributed by atoms with E-state index in [-0.39, 0.29) is 5.91 Å². The van der Waals surface area contributed by atoms with Crippen LogP contribution in [0.1, 0.15) is 25.9 Å². The average molecular weight is 464 g/mol. The van der Waals surface area contributed by atoms with Crippen LogP contribution in [0.15, 0.2) is 48.5 Å². The Hall–Kier alpha value is -1.93. The van der Waals surface area contributed by atoms with Gasteiger partial charge in [-0.15, -0.1) is 11.3 Å². The third-order valence-corrected chi connectivity index (χ3v) is 5.38. The zero-order valence-corrected chi connectivity index (χ0v) is 16.8. The van der Waals surface area contributed by atoms with Gasteiger partial charge in [0.1, 0.15) is 22.2 Å². The molecule has 1 aromatic heterocycles. The number of aryl methyl sites for hydroxylation is 2. The first-order chi connectivity index (χ1) is 12.0. The van der Waals surface area contributed by atoms with E-state index < -0.39 is 0 Å². The Balaban J connectivity index is 1.65. The number of carbonyl (C=O) groups excluding carboxylic acids is 1. The molecule has 0 unspecified atom stereocenters. The molecule has 0 spiro atoms. The van der Waals surface area contributed by atoms with E-state index in [1.807, 2.05) is 62.4 Å². The van der Waals surface area contributed by atoms with Crippen LogP contribution in [0, 0.1) is 17.4 Å². The topological polar surface area (TPSA) is 51.2 Å². The van der Waals surface area contributed by atoms with Gasteiger partial charge in [0, 0.05) is 9.26 Å². The summed E-state index contributed by atoms with van der Waals surface area (Å²) in [5.41, 5.74) is 2.68. The number of ether oxygens (including phenoxy) is 1. The first-order valence-electron chi connectivity index (χ1n) is 7.74. The highest BCUT2D eigenvalue weighted by atomic mass is 127. The summed E-state index contributed by atoms with van der Waals surface area (Å²) >= 11 is 3.59. The number of nitrogens with one attached hydrogen (secondary N) is 1. The van der Waals surface area contributed by atoms with Gasteiger partial charge in [-0.25, -0.2) is 4.98 Å². The highest BCUT2D eigenvalue weighted by Gasteiger charge is 2.16. The number of hydrogen-bond acceptors (Lipinski definition) is 4. The predicted octanol–water partition coefficient (Wildman–Crippen LogP) is 5.20. The Morgan fingerprint density at radius 1 is 1.12 bits per heavy atom. The number of carbonyl (C=O) groups is 1. The third-order valence-electron chi connectivity index (χ3n) is 3.53. The standard InChI is InChI=1S/C19H17IN2O2S/c1-12-3-9-16(10-4-12)24-11-17-21-13(2)18(25-17)19(23)22-15-7-5-14(20)6-8-15/h3-10H,11H2,1-2H3,(H,22,23). The summed E-state index contributed by atoms with van der Waals surface area (Å²) in [6.07, 6.45) is 0. The second-order valence-electron chi connectivity index (χ2n) is 5.58. The lowest BCUT2D eigenvalue weighted by atomic mass is 10.2. The van der Waals surface area contributed by atoms with E-state index in [9.17, 15) is 4.79 Å². The Labute approximate surface area is 164 Å². The van der Waals surface area contributed by atoms with Crippen molar-refractivity contribution in [3.05, 3.63) is 73.2 Å². The molecule has 0 aliphatic rings. The summed E-state index contributed by atoms with van der Waals surface area (Å²) in [5, 5.41) is 3.69. The molecule has 2 aromatic carbocycles. The fourth-order valence-corrected chi connectivity index (χ4v) is 3.46. The van der Waals surface area contributed by atoms with Crippen molar-refractivity contribution in [3.63, 3.8) is 0 Å². The summed E-state index contributed by atoms with van der Waals surface area (Å²) in [6, 6.07) is 15.5. The lowest BCUT2D eigenvalue weighted by molar-refractivity contribution is 0.103. The first kappa shape index (κ1) is 17.9. The number of halogens is 1. The summed E-state index contributed by atoms with van der Waals surface area (Å²) in [5.74, 6) is 0.654. The van der Waals surface area contributed by atoms with Gasteiger partial charge in [-0.3, -0.25) is 4.79 Å². The smallest absolute Gasteiger partial charge is 0.267 e. The van der Waals surface area contributed by atoms with Crippen molar-refractivity contribution in [2.75, 3.05) is 5.32 Å². The van der Waals surface area contributed by atoms with E-state index in [2.05, 4.69) is 32.9 Å². The molecule has 25 heavy (non-hydrogen) atoms. The molecule has 0 saturated carbocycles. The number of rotatable bonds is 5. The minimum atomic E-state index is -0.141. The monoisotopic (exact) mass is 464 g/mol. The summed E-state index contributed by atoms with van der Waals surface area (Å²) in [6.45, 7) is 4.23. The SMILES string of the molecule is Cc1ccc(OCc2nc(C)c(C(=O)Nc3ccc(I)cc3)s2)cc1. The molecule has 1 N–H and O–H groups in total. The van der Waals surface area contributed by atoms with Gasteiger partial charge in [-0.2, -0.15) is 0 Å². The van der Waals surface area contributed by atoms with Gasteiger partial charge in [0.05, 0.1) is 5.69 Å². The van der Waals surface area contributed by atoms with Crippen molar-refractivity contribution in [1.29, 1.82) is 0 Å². The van der Waals surface area contributed by atoms with Gasteiger partial charge in [0.15, 0.2) is 0 Å². The first-order valence-corrected chi connectivity index (χ1v) is 9.63. The summed E-state index contributed by atoms with van der Waals surface area (Å²) < 4.78 is 6.87. The number of benzene rings is 2. The minimum Gasteiger partial charge on any atom is -0.486 e. The second kappa shape index (κ2) is 7.97. The fraction of sp³-hybridized carbons (Fsp3) is 0.158. The average Bonchev–Trinajstić information content (AvgIpc) is 2.97. The third kappa shape index (κ3) is 4.79. The molecule has 0 aliphatic heterocycles. The molecule has 0 bridgehead atoms. The molecular formula is C19H17IN2O2S. The highest BCUT2D eigenvalue weighted by Crippen LogP contribution is 2.22. The largest absolute Gasteiger partial charge is 0.486 e. The van der Waals surface area contributed by atoms with Crippen LogP contribution < -0.4 is 10.1 Å². The van der Waals surface area contributed by atoms with E-state index in [1.165, 1.54) is 16.9 Å². The molecule has 0 atom stereocenters. The number of amides is 1. The van der Waals surface area contributed by atoms with Gasteiger partial charge in [-0.1, -0.05) is 17.7 Å². The number of thiazole rings is 1. The molecule has 4 nitrogen and oxygen atoms in total. The maximum Gasteiger partial charge on any atom is 0.267 e. The van der Waals surface area contributed by atoms with Crippen molar-refractivity contribution in [2.45, 2.75) is 20.5 Å². The zero-order chi connectivity index (χ0) is 17.8. The van der Waals surface area contributed by atoms with E-state index in [0.29, 0.717) is 11.5 Å². The Bertz CT molecular complexity index is 873. The molecule has 3 aromatic rings. The van der Waals surface area contributed by atoms with Crippen LogP contribution in [-0.2, 0) is 6.61 Å². The number of nitrogens with zero attached hydrogens (tertiary/aromatic N) is 1. The molecule has 3 rings (SSSR count). The van der Waals surface area contributed by atoms with Crippen LogP contribution in [0.25, 0.3) is 0 Å². The van der Waals surface area contributed by atoms with E-state index in [1.54, 1.807) is 0 Å². The number of anilines is 1. The van der Waals surface area contributed by atoms with Crippen molar-refractivity contribution < 1.29 is 9.53 Å².